The van der Waals surface area contributed by atoms with Crippen molar-refractivity contribution in [2.24, 2.45) is 0 Å². The lowest BCUT2D eigenvalue weighted by Gasteiger charge is -2.05. The quantitative estimate of drug-likeness (QED) is 0.425. The van der Waals surface area contributed by atoms with Crippen molar-refractivity contribution in [2.75, 3.05) is 59.5 Å². The van der Waals surface area contributed by atoms with E-state index >= 15 is 0 Å². The van der Waals surface area contributed by atoms with E-state index in [0.29, 0.717) is 33.0 Å². The Kier molecular flexibility index (Phi) is 24.5. The Morgan fingerprint density at radius 1 is 0.611 bits per heavy atom. The summed E-state index contributed by atoms with van der Waals surface area (Å²) in [6, 6.07) is 0. The van der Waals surface area contributed by atoms with Crippen LogP contribution in [-0.2, 0) is 14.2 Å². The maximum absolute atomic E-state index is 8.40. The Morgan fingerprint density at radius 3 is 1.44 bits per heavy atom. The molecule has 0 heterocycles. The van der Waals surface area contributed by atoms with Gasteiger partial charge in [-0.2, -0.15) is 0 Å². The van der Waals surface area contributed by atoms with Crippen molar-refractivity contribution in [2.45, 2.75) is 19.8 Å². The number of hydrogen-bond donors (Lipinski definition) is 3. The van der Waals surface area contributed by atoms with Gasteiger partial charge in [-0.15, -0.1) is 0 Å². The highest BCUT2D eigenvalue weighted by atomic mass is 16.5. The van der Waals surface area contributed by atoms with E-state index in [1.807, 2.05) is 0 Å². The maximum atomic E-state index is 8.40. The molecular weight excluding hydrogens is 240 g/mol. The first-order chi connectivity index (χ1) is 8.83. The molecule has 0 aromatic rings. The highest BCUT2D eigenvalue weighted by Gasteiger charge is 1.90. The van der Waals surface area contributed by atoms with Crippen LogP contribution in [0.5, 0.6) is 0 Å². The van der Waals surface area contributed by atoms with Gasteiger partial charge in [0, 0.05) is 6.61 Å². The minimum absolute atomic E-state index is 0.0696. The number of rotatable bonds is 12. The minimum atomic E-state index is -0.125. The first-order valence-corrected chi connectivity index (χ1v) is 6.39. The first kappa shape index (κ1) is 20.1. The molecule has 0 aromatic carbocycles. The summed E-state index contributed by atoms with van der Waals surface area (Å²) in [4.78, 5) is 0. The Hall–Kier alpha value is -0.240. The summed E-state index contributed by atoms with van der Waals surface area (Å²) in [6.45, 7) is 5.54. The van der Waals surface area contributed by atoms with Gasteiger partial charge in [-0.1, -0.05) is 13.3 Å². The van der Waals surface area contributed by atoms with Crippen molar-refractivity contribution < 1.29 is 29.5 Å². The van der Waals surface area contributed by atoms with Crippen LogP contribution in [0.4, 0.5) is 0 Å². The average molecular weight is 268 g/mol. The highest BCUT2D eigenvalue weighted by molar-refractivity contribution is 4.35. The fourth-order valence-corrected chi connectivity index (χ4v) is 0.853. The monoisotopic (exact) mass is 268 g/mol. The Labute approximate surface area is 109 Å². The number of aliphatic hydroxyl groups excluding tert-OH is 3. The molecule has 0 spiro atoms. The Morgan fingerprint density at radius 2 is 1.06 bits per heavy atom. The molecule has 0 atom stereocenters. The van der Waals surface area contributed by atoms with Gasteiger partial charge in [0.15, 0.2) is 0 Å². The van der Waals surface area contributed by atoms with Crippen molar-refractivity contribution in [3.8, 4) is 0 Å². The van der Waals surface area contributed by atoms with Crippen LogP contribution < -0.4 is 0 Å². The van der Waals surface area contributed by atoms with Crippen molar-refractivity contribution in [3.05, 3.63) is 0 Å². The van der Waals surface area contributed by atoms with Crippen LogP contribution in [-0.4, -0.2) is 74.8 Å². The standard InChI is InChI=1S/C10H22O4.C2H6O2/c1-2-3-5-12-7-9-14-10-8-13-6-4-11;3-1-2-4/h11H,2-10H2,1H3;3-4H,1-2H2. The average Bonchev–Trinajstić information content (AvgIpc) is 2.41. The van der Waals surface area contributed by atoms with E-state index in [9.17, 15) is 0 Å². The normalized spacial score (nSPS) is 10.0. The zero-order chi connectivity index (χ0) is 13.9. The van der Waals surface area contributed by atoms with Crippen LogP contribution in [0.15, 0.2) is 0 Å². The van der Waals surface area contributed by atoms with Gasteiger partial charge in [-0.25, -0.2) is 0 Å². The number of aliphatic hydroxyl groups is 3. The maximum Gasteiger partial charge on any atom is 0.0701 e. The lowest BCUT2D eigenvalue weighted by Crippen LogP contribution is -2.11. The van der Waals surface area contributed by atoms with Gasteiger partial charge < -0.3 is 29.5 Å². The molecule has 0 aliphatic carbocycles. The van der Waals surface area contributed by atoms with Gasteiger partial charge in [-0.3, -0.25) is 0 Å². The largest absolute Gasteiger partial charge is 0.394 e. The molecule has 0 aliphatic rings. The summed E-state index contributed by atoms with van der Waals surface area (Å²) in [5.74, 6) is 0. The third kappa shape index (κ3) is 24.8. The lowest BCUT2D eigenvalue weighted by molar-refractivity contribution is 0.00735. The molecule has 0 bridgehead atoms. The van der Waals surface area contributed by atoms with Crippen LogP contribution >= 0.6 is 0 Å². The van der Waals surface area contributed by atoms with Crippen LogP contribution in [0.3, 0.4) is 0 Å². The molecule has 6 heteroatoms. The smallest absolute Gasteiger partial charge is 0.0701 e. The fourth-order valence-electron chi connectivity index (χ4n) is 0.853. The topological polar surface area (TPSA) is 88.4 Å². The summed E-state index contributed by atoms with van der Waals surface area (Å²) >= 11 is 0. The molecule has 0 radical (unpaired) electrons. The lowest BCUT2D eigenvalue weighted by atomic mass is 10.4. The highest BCUT2D eigenvalue weighted by Crippen LogP contribution is 1.87. The summed E-state index contributed by atoms with van der Waals surface area (Å²) in [5.41, 5.74) is 0. The van der Waals surface area contributed by atoms with Crippen LogP contribution in [0.1, 0.15) is 19.8 Å². The second-order valence-electron chi connectivity index (χ2n) is 3.36. The fraction of sp³-hybridized carbons (Fsp3) is 1.00. The van der Waals surface area contributed by atoms with E-state index in [1.165, 1.54) is 0 Å². The van der Waals surface area contributed by atoms with Gasteiger partial charge >= 0.3 is 0 Å². The predicted molar refractivity (Wildman–Crippen MR) is 68.6 cm³/mol. The number of unbranched alkanes of at least 4 members (excludes halogenated alkanes) is 1. The van der Waals surface area contributed by atoms with E-state index < -0.39 is 0 Å². The van der Waals surface area contributed by atoms with Gasteiger partial charge in [0.25, 0.3) is 0 Å². The molecule has 0 rings (SSSR count). The predicted octanol–water partition coefficient (Wildman–Crippen LogP) is -0.200. The van der Waals surface area contributed by atoms with Gasteiger partial charge in [0.05, 0.1) is 52.9 Å². The zero-order valence-electron chi connectivity index (χ0n) is 11.3. The summed E-state index contributed by atoms with van der Waals surface area (Å²) in [7, 11) is 0. The molecular formula is C12H28O6. The van der Waals surface area contributed by atoms with Crippen molar-refractivity contribution >= 4 is 0 Å². The molecule has 0 aliphatic heterocycles. The molecule has 0 saturated carbocycles. The van der Waals surface area contributed by atoms with Crippen LogP contribution in [0, 0.1) is 0 Å². The summed E-state index contributed by atoms with van der Waals surface area (Å²) in [5, 5.41) is 23.7. The van der Waals surface area contributed by atoms with Gasteiger partial charge in [0.2, 0.25) is 0 Å². The minimum Gasteiger partial charge on any atom is -0.394 e. The number of hydrogen-bond acceptors (Lipinski definition) is 6. The second-order valence-corrected chi connectivity index (χ2v) is 3.36. The zero-order valence-corrected chi connectivity index (χ0v) is 11.3. The van der Waals surface area contributed by atoms with Crippen molar-refractivity contribution in [3.63, 3.8) is 0 Å². The third-order valence-corrected chi connectivity index (χ3v) is 1.72. The van der Waals surface area contributed by atoms with Crippen LogP contribution in [0.25, 0.3) is 0 Å². The van der Waals surface area contributed by atoms with E-state index in [-0.39, 0.29) is 19.8 Å². The molecule has 0 unspecified atom stereocenters. The summed E-state index contributed by atoms with van der Waals surface area (Å²) in [6.07, 6.45) is 2.27. The molecule has 0 saturated heterocycles. The first-order valence-electron chi connectivity index (χ1n) is 6.39. The van der Waals surface area contributed by atoms with Crippen molar-refractivity contribution in [1.29, 1.82) is 0 Å². The SMILES string of the molecule is CCCCOCCOCCOCCO.OCCO. The van der Waals surface area contributed by atoms with Gasteiger partial charge in [0.1, 0.15) is 0 Å². The number of ether oxygens (including phenoxy) is 3. The van der Waals surface area contributed by atoms with E-state index in [0.717, 1.165) is 19.4 Å². The molecule has 6 nitrogen and oxygen atoms in total. The molecule has 112 valence electrons. The molecule has 3 N–H and O–H groups in total. The Balaban J connectivity index is 0. The van der Waals surface area contributed by atoms with E-state index in [1.54, 1.807) is 0 Å². The summed E-state index contributed by atoms with van der Waals surface area (Å²) < 4.78 is 15.5. The third-order valence-electron chi connectivity index (χ3n) is 1.72. The van der Waals surface area contributed by atoms with Crippen LogP contribution in [0.2, 0.25) is 0 Å². The van der Waals surface area contributed by atoms with Gasteiger partial charge in [-0.05, 0) is 6.42 Å². The molecule has 18 heavy (non-hydrogen) atoms. The Bertz CT molecular complexity index is 109. The molecule has 0 amide bonds. The van der Waals surface area contributed by atoms with Crippen molar-refractivity contribution in [1.82, 2.24) is 0 Å². The second kappa shape index (κ2) is 22.0. The van der Waals surface area contributed by atoms with E-state index in [2.05, 4.69) is 6.92 Å². The molecule has 0 aromatic heterocycles. The van der Waals surface area contributed by atoms with E-state index in [4.69, 9.17) is 29.5 Å². The molecule has 0 fully saturated rings.